The molecule has 0 bridgehead atoms. The largest absolute Gasteiger partial charge is 0.478 e. The van der Waals surface area contributed by atoms with Crippen molar-refractivity contribution in [2.75, 3.05) is 18.4 Å². The molecule has 11 nitrogen and oxygen atoms in total. The third kappa shape index (κ3) is 9.26. The number of benzene rings is 1. The fourth-order valence-corrected chi connectivity index (χ4v) is 2.64. The fourth-order valence-electron chi connectivity index (χ4n) is 2.64. The normalized spacial score (nSPS) is 12.4. The van der Waals surface area contributed by atoms with Gasteiger partial charge in [-0.25, -0.2) is 4.79 Å². The average Bonchev–Trinajstić information content (AvgIpc) is 2.69. The Labute approximate surface area is 180 Å². The molecule has 0 aromatic heterocycles. The third-order valence-corrected chi connectivity index (χ3v) is 4.17. The summed E-state index contributed by atoms with van der Waals surface area (Å²) < 4.78 is 0. The lowest BCUT2D eigenvalue weighted by atomic mass is 10.0. The topological polar surface area (TPSA) is 180 Å². The van der Waals surface area contributed by atoms with Gasteiger partial charge in [-0.3, -0.25) is 19.2 Å². The molecule has 11 heteroatoms. The van der Waals surface area contributed by atoms with E-state index in [4.69, 9.17) is 10.8 Å². The number of nitrogens with one attached hydrogen (secondary N) is 4. The van der Waals surface area contributed by atoms with Crippen LogP contribution in [-0.4, -0.2) is 59.9 Å². The molecule has 170 valence electrons. The van der Waals surface area contributed by atoms with Crippen LogP contribution in [0.15, 0.2) is 24.3 Å². The quantitative estimate of drug-likeness (QED) is 0.269. The molecule has 0 aliphatic heterocycles. The van der Waals surface area contributed by atoms with Crippen LogP contribution in [0, 0.1) is 5.92 Å². The maximum atomic E-state index is 12.2. The predicted molar refractivity (Wildman–Crippen MR) is 113 cm³/mol. The highest BCUT2D eigenvalue weighted by Crippen LogP contribution is 2.11. The van der Waals surface area contributed by atoms with E-state index >= 15 is 0 Å². The van der Waals surface area contributed by atoms with Crippen LogP contribution in [0.1, 0.15) is 37.6 Å². The zero-order valence-corrected chi connectivity index (χ0v) is 17.7. The van der Waals surface area contributed by atoms with Crippen LogP contribution in [0.25, 0.3) is 0 Å². The number of carboxylic acid groups (broad SMARTS) is 1. The second kappa shape index (κ2) is 12.3. The predicted octanol–water partition coefficient (Wildman–Crippen LogP) is -0.566. The molecule has 0 saturated carbocycles. The molecule has 0 heterocycles. The van der Waals surface area contributed by atoms with Gasteiger partial charge in [0, 0.05) is 18.2 Å². The molecular weight excluding hydrogens is 406 g/mol. The van der Waals surface area contributed by atoms with E-state index in [1.54, 1.807) is 26.8 Å². The Morgan fingerprint density at radius 1 is 1.00 bits per heavy atom. The molecule has 1 unspecified atom stereocenters. The van der Waals surface area contributed by atoms with Crippen molar-refractivity contribution < 1.29 is 29.1 Å². The van der Waals surface area contributed by atoms with Crippen LogP contribution in [0.5, 0.6) is 0 Å². The standard InChI is InChI=1S/C20H29N5O6/c1-11(2)18(25-16(27)9-21)19(29)22-10-17(28)23-12(3)7-15(26)24-14-6-4-5-13(8-14)20(30)31/h4-6,8,11-12,18H,7,9-10,21H2,1-3H3,(H,22,29)(H,23,28)(H,24,26)(H,25,27)(H,30,31)/t12-,18?/m0/s1. The van der Waals surface area contributed by atoms with Gasteiger partial charge in [0.05, 0.1) is 18.7 Å². The summed E-state index contributed by atoms with van der Waals surface area (Å²) >= 11 is 0. The van der Waals surface area contributed by atoms with Crippen molar-refractivity contribution in [1.29, 1.82) is 0 Å². The minimum Gasteiger partial charge on any atom is -0.478 e. The smallest absolute Gasteiger partial charge is 0.335 e. The van der Waals surface area contributed by atoms with Crippen molar-refractivity contribution in [2.24, 2.45) is 11.7 Å². The van der Waals surface area contributed by atoms with E-state index in [-0.39, 0.29) is 31.0 Å². The fraction of sp³-hybridized carbons (Fsp3) is 0.450. The summed E-state index contributed by atoms with van der Waals surface area (Å²) in [6.07, 6.45) is -0.0574. The van der Waals surface area contributed by atoms with E-state index in [2.05, 4.69) is 21.3 Å². The molecule has 0 aliphatic rings. The lowest BCUT2D eigenvalue weighted by Crippen LogP contribution is -2.53. The van der Waals surface area contributed by atoms with Crippen LogP contribution in [-0.2, 0) is 19.2 Å². The molecule has 0 spiro atoms. The number of hydrogen-bond donors (Lipinski definition) is 6. The van der Waals surface area contributed by atoms with E-state index in [9.17, 15) is 24.0 Å². The number of aromatic carboxylic acids is 1. The number of nitrogens with two attached hydrogens (primary N) is 1. The number of amides is 4. The van der Waals surface area contributed by atoms with Gasteiger partial charge in [0.1, 0.15) is 6.04 Å². The Morgan fingerprint density at radius 3 is 2.26 bits per heavy atom. The van der Waals surface area contributed by atoms with Crippen molar-refractivity contribution >= 4 is 35.3 Å². The highest BCUT2D eigenvalue weighted by Gasteiger charge is 2.24. The molecule has 0 radical (unpaired) electrons. The summed E-state index contributed by atoms with van der Waals surface area (Å²) in [5, 5.41) is 19.1. The van der Waals surface area contributed by atoms with Crippen molar-refractivity contribution in [3.05, 3.63) is 29.8 Å². The minimum absolute atomic E-state index is 0.0391. The van der Waals surface area contributed by atoms with Crippen LogP contribution in [0.3, 0.4) is 0 Å². The second-order valence-electron chi connectivity index (χ2n) is 7.32. The van der Waals surface area contributed by atoms with Crippen LogP contribution >= 0.6 is 0 Å². The first-order chi connectivity index (χ1) is 14.5. The van der Waals surface area contributed by atoms with Crippen LogP contribution in [0.4, 0.5) is 5.69 Å². The first kappa shape index (κ1) is 25.6. The molecule has 0 aliphatic carbocycles. The Balaban J connectivity index is 2.48. The van der Waals surface area contributed by atoms with Gasteiger partial charge >= 0.3 is 5.97 Å². The van der Waals surface area contributed by atoms with Gasteiger partial charge < -0.3 is 32.1 Å². The summed E-state index contributed by atoms with van der Waals surface area (Å²) in [6, 6.07) is 4.43. The molecule has 0 saturated heterocycles. The van der Waals surface area contributed by atoms with E-state index in [1.807, 2.05) is 0 Å². The van der Waals surface area contributed by atoms with Gasteiger partial charge in [-0.1, -0.05) is 19.9 Å². The van der Waals surface area contributed by atoms with Gasteiger partial charge in [-0.15, -0.1) is 0 Å². The van der Waals surface area contributed by atoms with Gasteiger partial charge in [0.2, 0.25) is 23.6 Å². The molecule has 1 aromatic rings. The summed E-state index contributed by atoms with van der Waals surface area (Å²) in [5.41, 5.74) is 5.61. The lowest BCUT2D eigenvalue weighted by Gasteiger charge is -2.21. The van der Waals surface area contributed by atoms with Gasteiger partial charge in [0.25, 0.3) is 0 Å². The lowest BCUT2D eigenvalue weighted by molar-refractivity contribution is -0.131. The van der Waals surface area contributed by atoms with Gasteiger partial charge in [0.15, 0.2) is 0 Å². The Hall–Kier alpha value is -3.47. The number of anilines is 1. The number of carboxylic acids is 1. The first-order valence-electron chi connectivity index (χ1n) is 9.73. The number of carbonyl (C=O) groups is 5. The highest BCUT2D eigenvalue weighted by atomic mass is 16.4. The SMILES string of the molecule is CC(C)C(NC(=O)CN)C(=O)NCC(=O)N[C@@H](C)CC(=O)Nc1cccc(C(=O)O)c1. The zero-order chi connectivity index (χ0) is 23.6. The first-order valence-corrected chi connectivity index (χ1v) is 9.73. The molecular formula is C20H29N5O6. The van der Waals surface area contributed by atoms with E-state index in [0.717, 1.165) is 0 Å². The second-order valence-corrected chi connectivity index (χ2v) is 7.32. The van der Waals surface area contributed by atoms with E-state index in [0.29, 0.717) is 5.69 Å². The molecule has 7 N–H and O–H groups in total. The maximum Gasteiger partial charge on any atom is 0.335 e. The number of carbonyl (C=O) groups excluding carboxylic acids is 4. The minimum atomic E-state index is -1.11. The molecule has 1 rings (SSSR count). The van der Waals surface area contributed by atoms with Gasteiger partial charge in [-0.2, -0.15) is 0 Å². The third-order valence-electron chi connectivity index (χ3n) is 4.17. The Kier molecular flexibility index (Phi) is 10.1. The molecule has 0 fully saturated rings. The Bertz CT molecular complexity index is 826. The molecule has 2 atom stereocenters. The van der Waals surface area contributed by atoms with Crippen molar-refractivity contribution in [2.45, 2.75) is 39.3 Å². The average molecular weight is 435 g/mol. The number of rotatable bonds is 11. The summed E-state index contributed by atoms with van der Waals surface area (Å²) in [7, 11) is 0. The summed E-state index contributed by atoms with van der Waals surface area (Å²) in [4.78, 5) is 58.8. The number of hydrogen-bond acceptors (Lipinski definition) is 6. The molecule has 1 aromatic carbocycles. The van der Waals surface area contributed by atoms with Gasteiger partial charge in [-0.05, 0) is 31.0 Å². The molecule has 31 heavy (non-hydrogen) atoms. The van der Waals surface area contributed by atoms with Crippen molar-refractivity contribution in [3.8, 4) is 0 Å². The Morgan fingerprint density at radius 2 is 1.68 bits per heavy atom. The van der Waals surface area contributed by atoms with Crippen molar-refractivity contribution in [1.82, 2.24) is 16.0 Å². The van der Waals surface area contributed by atoms with E-state index in [1.165, 1.54) is 18.2 Å². The summed E-state index contributed by atoms with van der Waals surface area (Å²) in [6.45, 7) is 4.53. The monoisotopic (exact) mass is 435 g/mol. The maximum absolute atomic E-state index is 12.2. The van der Waals surface area contributed by atoms with Crippen molar-refractivity contribution in [3.63, 3.8) is 0 Å². The summed E-state index contributed by atoms with van der Waals surface area (Å²) in [5.74, 6) is -3.23. The van der Waals surface area contributed by atoms with Crippen LogP contribution < -0.4 is 27.0 Å². The highest BCUT2D eigenvalue weighted by molar-refractivity contribution is 5.94. The van der Waals surface area contributed by atoms with Crippen LogP contribution in [0.2, 0.25) is 0 Å². The van der Waals surface area contributed by atoms with E-state index < -0.39 is 41.7 Å². The molecule has 4 amide bonds. The zero-order valence-electron chi connectivity index (χ0n) is 17.7.